The molecule has 0 saturated carbocycles. The lowest BCUT2D eigenvalue weighted by atomic mass is 9.88. The lowest BCUT2D eigenvalue weighted by Gasteiger charge is -2.24. The number of hydrogen-bond donors (Lipinski definition) is 3. The van der Waals surface area contributed by atoms with Gasteiger partial charge < -0.3 is 25.6 Å². The molecular formula is C23H19FN2O6S. The predicted molar refractivity (Wildman–Crippen MR) is 119 cm³/mol. The number of carboxylic acids is 1. The molecule has 0 bridgehead atoms. The van der Waals surface area contributed by atoms with Crippen LogP contribution in [0.4, 0.5) is 10.1 Å². The van der Waals surface area contributed by atoms with Gasteiger partial charge in [-0.2, -0.15) is 0 Å². The van der Waals surface area contributed by atoms with Crippen molar-refractivity contribution in [1.82, 2.24) is 0 Å². The standard InChI is InChI=1S/C23H19FN2O6S/c1-31-16-8-11(5-6-15(16)32-10-17(25)27)14-9-18(28)26-20-19(12-3-2-4-13(24)7-12)22(23(29)30)33-21(14)20/h2-8,14H,9-10H2,1H3,(H2,25,27)(H,26,28)(H,29,30)/t14-/m0/s1. The number of nitrogens with two attached hydrogens (primary N) is 1. The molecule has 2 amide bonds. The number of ether oxygens (including phenoxy) is 2. The van der Waals surface area contributed by atoms with Crippen LogP contribution in [0.25, 0.3) is 11.1 Å². The van der Waals surface area contributed by atoms with Gasteiger partial charge in [0, 0.05) is 22.8 Å². The van der Waals surface area contributed by atoms with Crippen molar-refractivity contribution in [2.45, 2.75) is 12.3 Å². The minimum absolute atomic E-state index is 0.00572. The number of halogens is 1. The fraction of sp³-hybridized carbons (Fsp3) is 0.174. The molecule has 0 unspecified atom stereocenters. The van der Waals surface area contributed by atoms with E-state index in [2.05, 4.69) is 5.32 Å². The molecule has 0 spiro atoms. The molecule has 0 fully saturated rings. The molecule has 0 aliphatic carbocycles. The smallest absolute Gasteiger partial charge is 0.346 e. The Bertz CT molecular complexity index is 1270. The number of aromatic carboxylic acids is 1. The van der Waals surface area contributed by atoms with Gasteiger partial charge in [0.1, 0.15) is 10.7 Å². The third-order valence-electron chi connectivity index (χ3n) is 5.17. The maximum atomic E-state index is 13.9. The van der Waals surface area contributed by atoms with Crippen molar-refractivity contribution in [1.29, 1.82) is 0 Å². The molecule has 2 heterocycles. The fourth-order valence-corrected chi connectivity index (χ4v) is 5.04. The second-order valence-electron chi connectivity index (χ2n) is 7.33. The number of carbonyl (C=O) groups is 3. The van der Waals surface area contributed by atoms with Crippen LogP contribution in [0.1, 0.15) is 32.5 Å². The van der Waals surface area contributed by atoms with Gasteiger partial charge in [0.2, 0.25) is 5.91 Å². The highest BCUT2D eigenvalue weighted by Gasteiger charge is 2.35. The summed E-state index contributed by atoms with van der Waals surface area (Å²) >= 11 is 1.04. The Kier molecular flexibility index (Phi) is 6.01. The van der Waals surface area contributed by atoms with Crippen molar-refractivity contribution >= 4 is 34.8 Å². The summed E-state index contributed by atoms with van der Waals surface area (Å²) in [6.07, 6.45) is 0.0831. The molecule has 4 rings (SSSR count). The zero-order chi connectivity index (χ0) is 23.7. The number of hydrogen-bond acceptors (Lipinski definition) is 6. The number of thiophene rings is 1. The number of methoxy groups -OCH3 is 1. The summed E-state index contributed by atoms with van der Waals surface area (Å²) in [6, 6.07) is 10.6. The van der Waals surface area contributed by atoms with Gasteiger partial charge in [0.25, 0.3) is 5.91 Å². The van der Waals surface area contributed by atoms with E-state index < -0.39 is 23.6 Å². The lowest BCUT2D eigenvalue weighted by molar-refractivity contribution is -0.120. The molecule has 0 radical (unpaired) electrons. The Morgan fingerprint density at radius 2 is 2.03 bits per heavy atom. The molecule has 8 nitrogen and oxygen atoms in total. The van der Waals surface area contributed by atoms with Gasteiger partial charge in [-0.05, 0) is 35.4 Å². The molecular weight excluding hydrogens is 451 g/mol. The SMILES string of the molecule is COc1cc([C@@H]2CC(=O)Nc3c2sc(C(=O)O)c3-c2cccc(F)c2)ccc1OCC(N)=O. The van der Waals surface area contributed by atoms with Gasteiger partial charge in [-0.3, -0.25) is 9.59 Å². The van der Waals surface area contributed by atoms with Gasteiger partial charge >= 0.3 is 5.97 Å². The lowest BCUT2D eigenvalue weighted by Crippen LogP contribution is -2.22. The first-order chi connectivity index (χ1) is 15.8. The molecule has 2 aromatic carbocycles. The average molecular weight is 470 g/mol. The third-order valence-corrected chi connectivity index (χ3v) is 6.46. The van der Waals surface area contributed by atoms with Gasteiger partial charge in [0.05, 0.1) is 12.8 Å². The van der Waals surface area contributed by atoms with Crippen molar-refractivity contribution < 1.29 is 33.4 Å². The molecule has 10 heteroatoms. The molecule has 1 aliphatic heterocycles. The molecule has 170 valence electrons. The number of fused-ring (bicyclic) bond motifs is 1. The molecule has 3 aromatic rings. The largest absolute Gasteiger partial charge is 0.493 e. The van der Waals surface area contributed by atoms with Crippen molar-refractivity contribution in [3.63, 3.8) is 0 Å². The summed E-state index contributed by atoms with van der Waals surface area (Å²) in [5, 5.41) is 12.6. The first-order valence-corrected chi connectivity index (χ1v) is 10.6. The normalized spacial score (nSPS) is 14.8. The van der Waals surface area contributed by atoms with E-state index in [1.807, 2.05) is 0 Å². The quantitative estimate of drug-likeness (QED) is 0.484. The average Bonchev–Trinajstić information content (AvgIpc) is 3.16. The summed E-state index contributed by atoms with van der Waals surface area (Å²) < 4.78 is 24.6. The van der Waals surface area contributed by atoms with E-state index in [4.69, 9.17) is 15.2 Å². The Balaban J connectivity index is 1.83. The minimum Gasteiger partial charge on any atom is -0.493 e. The summed E-state index contributed by atoms with van der Waals surface area (Å²) in [5.74, 6) is -2.45. The Hall–Kier alpha value is -3.92. The van der Waals surface area contributed by atoms with Crippen LogP contribution >= 0.6 is 11.3 Å². The van der Waals surface area contributed by atoms with Crippen molar-refractivity contribution in [2.24, 2.45) is 5.73 Å². The van der Waals surface area contributed by atoms with Crippen LogP contribution < -0.4 is 20.5 Å². The van der Waals surface area contributed by atoms with E-state index in [0.29, 0.717) is 33.2 Å². The predicted octanol–water partition coefficient (Wildman–Crippen LogP) is 3.60. The number of amides is 2. The number of benzene rings is 2. The molecule has 33 heavy (non-hydrogen) atoms. The van der Waals surface area contributed by atoms with Gasteiger partial charge in [0.15, 0.2) is 18.1 Å². The number of carbonyl (C=O) groups excluding carboxylic acids is 2. The van der Waals surface area contributed by atoms with Crippen LogP contribution in [0.5, 0.6) is 11.5 Å². The number of anilines is 1. The second-order valence-corrected chi connectivity index (χ2v) is 8.38. The number of nitrogens with one attached hydrogen (secondary N) is 1. The van der Waals surface area contributed by atoms with Gasteiger partial charge in [-0.25, -0.2) is 9.18 Å². The number of carboxylic acid groups (broad SMARTS) is 1. The van der Waals surface area contributed by atoms with E-state index >= 15 is 0 Å². The van der Waals surface area contributed by atoms with Crippen molar-refractivity contribution in [3.8, 4) is 22.6 Å². The minimum atomic E-state index is -1.17. The Morgan fingerprint density at radius 3 is 2.70 bits per heavy atom. The highest BCUT2D eigenvalue weighted by Crippen LogP contribution is 2.50. The third kappa shape index (κ3) is 4.37. The van der Waals surface area contributed by atoms with Crippen molar-refractivity contribution in [3.05, 3.63) is 63.6 Å². The first-order valence-electron chi connectivity index (χ1n) is 9.83. The number of primary amides is 1. The van der Waals surface area contributed by atoms with E-state index in [0.717, 1.165) is 11.3 Å². The fourth-order valence-electron chi connectivity index (χ4n) is 3.80. The summed E-state index contributed by atoms with van der Waals surface area (Å²) in [7, 11) is 1.44. The highest BCUT2D eigenvalue weighted by atomic mass is 32.1. The van der Waals surface area contributed by atoms with E-state index in [9.17, 15) is 23.9 Å². The van der Waals surface area contributed by atoms with Crippen LogP contribution in [0.3, 0.4) is 0 Å². The van der Waals surface area contributed by atoms with Crippen molar-refractivity contribution in [2.75, 3.05) is 19.0 Å². The van der Waals surface area contributed by atoms with E-state index in [-0.39, 0.29) is 29.4 Å². The summed E-state index contributed by atoms with van der Waals surface area (Å²) in [5.41, 5.74) is 6.81. The molecule has 4 N–H and O–H groups in total. The van der Waals surface area contributed by atoms with Crippen LogP contribution in [0.2, 0.25) is 0 Å². The van der Waals surface area contributed by atoms with Gasteiger partial charge in [-0.1, -0.05) is 18.2 Å². The van der Waals surface area contributed by atoms with Crippen LogP contribution in [0.15, 0.2) is 42.5 Å². The zero-order valence-electron chi connectivity index (χ0n) is 17.4. The summed E-state index contributed by atoms with van der Waals surface area (Å²) in [4.78, 5) is 36.3. The van der Waals surface area contributed by atoms with Crippen LogP contribution in [-0.4, -0.2) is 36.6 Å². The molecule has 1 aliphatic rings. The molecule has 1 aromatic heterocycles. The number of rotatable bonds is 7. The summed E-state index contributed by atoms with van der Waals surface area (Å²) in [6.45, 7) is -0.324. The monoisotopic (exact) mass is 470 g/mol. The van der Waals surface area contributed by atoms with Crippen LogP contribution in [-0.2, 0) is 9.59 Å². The van der Waals surface area contributed by atoms with Crippen LogP contribution in [0, 0.1) is 5.82 Å². The van der Waals surface area contributed by atoms with E-state index in [1.165, 1.54) is 25.3 Å². The molecule has 0 saturated heterocycles. The maximum absolute atomic E-state index is 13.9. The zero-order valence-corrected chi connectivity index (χ0v) is 18.2. The highest BCUT2D eigenvalue weighted by molar-refractivity contribution is 7.15. The van der Waals surface area contributed by atoms with Gasteiger partial charge in [-0.15, -0.1) is 11.3 Å². The first kappa shape index (κ1) is 22.3. The van der Waals surface area contributed by atoms with E-state index in [1.54, 1.807) is 24.3 Å². The second kappa shape index (κ2) is 8.91. The maximum Gasteiger partial charge on any atom is 0.346 e. The Labute approximate surface area is 191 Å². The molecule has 1 atom stereocenters. The topological polar surface area (TPSA) is 128 Å². The Morgan fingerprint density at radius 1 is 1.24 bits per heavy atom.